The molecule has 3 aromatic rings. The number of carbonyl (C=O) groups excluding carboxylic acids is 2. The van der Waals surface area contributed by atoms with Crippen LogP contribution in [0.2, 0.25) is 0 Å². The average molecular weight is 359 g/mol. The smallest absolute Gasteiger partial charge is 0.416 e. The highest BCUT2D eigenvalue weighted by atomic mass is 16.6. The van der Waals surface area contributed by atoms with E-state index in [-0.39, 0.29) is 25.0 Å². The normalized spacial score (nSPS) is 16.5. The molecular weight excluding hydrogens is 338 g/mol. The molecule has 0 aliphatic carbocycles. The fourth-order valence-corrected chi connectivity index (χ4v) is 3.68. The molecule has 136 valence electrons. The van der Waals surface area contributed by atoms with Crippen molar-refractivity contribution in [3.8, 4) is 0 Å². The van der Waals surface area contributed by atoms with Gasteiger partial charge in [0.15, 0.2) is 0 Å². The first kappa shape index (κ1) is 17.3. The Hall–Kier alpha value is -3.14. The molecule has 1 aliphatic rings. The summed E-state index contributed by atoms with van der Waals surface area (Å²) in [7, 11) is 0. The molecule has 1 atom stereocenters. The standard InChI is InChI=1S/C23H21NO3/c25-22(14-13-19-11-6-10-18-9-4-5-12-21(18)19)24-20(16-27-23(24)26)15-17-7-2-1-3-8-17/h1-12,20H,13-16H2/t20-/m0/s1. The van der Waals surface area contributed by atoms with Gasteiger partial charge in [-0.1, -0.05) is 72.8 Å². The maximum absolute atomic E-state index is 12.8. The summed E-state index contributed by atoms with van der Waals surface area (Å²) in [6.07, 6.45) is 0.974. The van der Waals surface area contributed by atoms with E-state index in [1.54, 1.807) is 0 Å². The average Bonchev–Trinajstić information content (AvgIpc) is 3.07. The first-order valence-electron chi connectivity index (χ1n) is 9.22. The molecule has 0 N–H and O–H groups in total. The van der Waals surface area contributed by atoms with Gasteiger partial charge in [0.05, 0.1) is 6.04 Å². The minimum absolute atomic E-state index is 0.175. The number of ether oxygens (including phenoxy) is 1. The van der Waals surface area contributed by atoms with E-state index in [4.69, 9.17) is 4.74 Å². The van der Waals surface area contributed by atoms with Crippen LogP contribution in [-0.4, -0.2) is 29.5 Å². The Morgan fingerprint density at radius 2 is 1.70 bits per heavy atom. The number of nitrogens with zero attached hydrogens (tertiary/aromatic N) is 1. The molecule has 27 heavy (non-hydrogen) atoms. The van der Waals surface area contributed by atoms with Crippen LogP contribution in [-0.2, 0) is 22.4 Å². The van der Waals surface area contributed by atoms with E-state index < -0.39 is 6.09 Å². The summed E-state index contributed by atoms with van der Waals surface area (Å²) in [5.41, 5.74) is 2.21. The topological polar surface area (TPSA) is 46.6 Å². The van der Waals surface area contributed by atoms with E-state index in [2.05, 4.69) is 18.2 Å². The summed E-state index contributed by atoms with van der Waals surface area (Å²) in [6.45, 7) is 0.258. The summed E-state index contributed by atoms with van der Waals surface area (Å²) >= 11 is 0. The molecule has 0 spiro atoms. The van der Waals surface area contributed by atoms with Gasteiger partial charge in [-0.2, -0.15) is 0 Å². The van der Waals surface area contributed by atoms with Crippen molar-refractivity contribution in [2.75, 3.05) is 6.61 Å². The minimum Gasteiger partial charge on any atom is -0.447 e. The van der Waals surface area contributed by atoms with Crippen molar-refractivity contribution >= 4 is 22.8 Å². The summed E-state index contributed by atoms with van der Waals surface area (Å²) in [5, 5.41) is 2.31. The van der Waals surface area contributed by atoms with Crippen molar-refractivity contribution < 1.29 is 14.3 Å². The summed E-state index contributed by atoms with van der Waals surface area (Å²) < 4.78 is 5.16. The van der Waals surface area contributed by atoms with Crippen LogP contribution >= 0.6 is 0 Å². The van der Waals surface area contributed by atoms with Crippen LogP contribution < -0.4 is 0 Å². The number of cyclic esters (lactones) is 1. The maximum atomic E-state index is 12.8. The molecule has 1 aliphatic heterocycles. The Morgan fingerprint density at radius 3 is 2.56 bits per heavy atom. The van der Waals surface area contributed by atoms with Crippen molar-refractivity contribution in [1.82, 2.24) is 4.90 Å². The van der Waals surface area contributed by atoms with E-state index in [1.807, 2.05) is 54.6 Å². The summed E-state index contributed by atoms with van der Waals surface area (Å²) in [5.74, 6) is -0.175. The zero-order valence-electron chi connectivity index (χ0n) is 15.0. The monoisotopic (exact) mass is 359 g/mol. The van der Waals surface area contributed by atoms with Crippen LogP contribution in [0.15, 0.2) is 72.8 Å². The lowest BCUT2D eigenvalue weighted by Crippen LogP contribution is -2.40. The lowest BCUT2D eigenvalue weighted by atomic mass is 10.0. The Bertz CT molecular complexity index is 962. The van der Waals surface area contributed by atoms with Crippen molar-refractivity contribution in [3.63, 3.8) is 0 Å². The zero-order valence-corrected chi connectivity index (χ0v) is 15.0. The van der Waals surface area contributed by atoms with Crippen LogP contribution in [0.25, 0.3) is 10.8 Å². The molecule has 0 unspecified atom stereocenters. The van der Waals surface area contributed by atoms with Crippen LogP contribution in [0.4, 0.5) is 4.79 Å². The van der Waals surface area contributed by atoms with Gasteiger partial charge in [-0.05, 0) is 34.7 Å². The van der Waals surface area contributed by atoms with Crippen LogP contribution in [0.1, 0.15) is 17.5 Å². The predicted octanol–water partition coefficient (Wildman–Crippen LogP) is 4.36. The highest BCUT2D eigenvalue weighted by Crippen LogP contribution is 2.22. The van der Waals surface area contributed by atoms with E-state index >= 15 is 0 Å². The lowest BCUT2D eigenvalue weighted by molar-refractivity contribution is -0.129. The molecule has 0 radical (unpaired) electrons. The molecular formula is C23H21NO3. The Balaban J connectivity index is 1.47. The van der Waals surface area contributed by atoms with Crippen molar-refractivity contribution in [1.29, 1.82) is 0 Å². The van der Waals surface area contributed by atoms with Gasteiger partial charge in [-0.15, -0.1) is 0 Å². The zero-order chi connectivity index (χ0) is 18.6. The van der Waals surface area contributed by atoms with Gasteiger partial charge in [0.1, 0.15) is 6.61 Å². The third-order valence-corrected chi connectivity index (χ3v) is 5.03. The first-order valence-corrected chi connectivity index (χ1v) is 9.22. The summed E-state index contributed by atoms with van der Waals surface area (Å²) in [4.78, 5) is 26.2. The summed E-state index contributed by atoms with van der Waals surface area (Å²) in [6, 6.07) is 23.9. The van der Waals surface area contributed by atoms with Crippen LogP contribution in [0.3, 0.4) is 0 Å². The number of fused-ring (bicyclic) bond motifs is 1. The number of benzene rings is 3. The Morgan fingerprint density at radius 1 is 0.963 bits per heavy atom. The Labute approximate surface area is 158 Å². The van der Waals surface area contributed by atoms with E-state index in [1.165, 1.54) is 4.90 Å². The third kappa shape index (κ3) is 3.70. The molecule has 0 aromatic heterocycles. The predicted molar refractivity (Wildman–Crippen MR) is 104 cm³/mol. The molecule has 1 fully saturated rings. The van der Waals surface area contributed by atoms with Gasteiger partial charge >= 0.3 is 6.09 Å². The number of imide groups is 1. The lowest BCUT2D eigenvalue weighted by Gasteiger charge is -2.20. The van der Waals surface area contributed by atoms with Gasteiger partial charge in [0.25, 0.3) is 0 Å². The number of aryl methyl sites for hydroxylation is 1. The molecule has 4 heteroatoms. The minimum atomic E-state index is -0.529. The van der Waals surface area contributed by atoms with Gasteiger partial charge in [-0.3, -0.25) is 4.79 Å². The fraction of sp³-hybridized carbons (Fsp3) is 0.217. The van der Waals surface area contributed by atoms with Gasteiger partial charge in [0.2, 0.25) is 5.91 Å². The van der Waals surface area contributed by atoms with Gasteiger partial charge in [0, 0.05) is 6.42 Å². The second-order valence-corrected chi connectivity index (χ2v) is 6.82. The first-order chi connectivity index (χ1) is 13.2. The number of amides is 2. The van der Waals surface area contributed by atoms with Crippen LogP contribution in [0.5, 0.6) is 0 Å². The Kier molecular flexibility index (Phi) is 4.88. The number of rotatable bonds is 5. The molecule has 2 amide bonds. The molecule has 0 bridgehead atoms. The van der Waals surface area contributed by atoms with E-state index in [0.717, 1.165) is 21.9 Å². The third-order valence-electron chi connectivity index (χ3n) is 5.03. The second-order valence-electron chi connectivity index (χ2n) is 6.82. The van der Waals surface area contributed by atoms with E-state index in [9.17, 15) is 9.59 Å². The number of hydrogen-bond acceptors (Lipinski definition) is 3. The molecule has 4 nitrogen and oxygen atoms in total. The second kappa shape index (κ2) is 7.62. The fourth-order valence-electron chi connectivity index (χ4n) is 3.68. The number of hydrogen-bond donors (Lipinski definition) is 0. The quantitative estimate of drug-likeness (QED) is 0.680. The molecule has 1 saturated heterocycles. The molecule has 4 rings (SSSR count). The molecule has 0 saturated carbocycles. The molecule has 1 heterocycles. The van der Waals surface area contributed by atoms with Gasteiger partial charge < -0.3 is 4.74 Å². The highest BCUT2D eigenvalue weighted by molar-refractivity contribution is 5.94. The largest absolute Gasteiger partial charge is 0.447 e. The number of carbonyl (C=O) groups is 2. The van der Waals surface area contributed by atoms with Crippen molar-refractivity contribution in [2.24, 2.45) is 0 Å². The van der Waals surface area contributed by atoms with Crippen molar-refractivity contribution in [3.05, 3.63) is 83.9 Å². The highest BCUT2D eigenvalue weighted by Gasteiger charge is 2.37. The molecule has 3 aromatic carbocycles. The van der Waals surface area contributed by atoms with Crippen LogP contribution in [0, 0.1) is 0 Å². The maximum Gasteiger partial charge on any atom is 0.416 e. The SMILES string of the molecule is O=C(CCc1cccc2ccccc12)N1C(=O)OC[C@@H]1Cc1ccccc1. The van der Waals surface area contributed by atoms with Crippen molar-refractivity contribution in [2.45, 2.75) is 25.3 Å². The van der Waals surface area contributed by atoms with E-state index in [0.29, 0.717) is 12.8 Å². The van der Waals surface area contributed by atoms with Gasteiger partial charge in [-0.25, -0.2) is 9.69 Å².